The summed E-state index contributed by atoms with van der Waals surface area (Å²) in [6.45, 7) is 4.53. The lowest BCUT2D eigenvalue weighted by Crippen LogP contribution is -2.37. The van der Waals surface area contributed by atoms with Crippen LogP contribution in [0.3, 0.4) is 0 Å². The number of aliphatic hydroxyl groups is 2. The highest BCUT2D eigenvalue weighted by Gasteiger charge is 2.57. The molecule has 2 aromatic heterocycles. The van der Waals surface area contributed by atoms with E-state index in [1.165, 1.54) is 19.6 Å². The average molecular weight is 1340 g/mol. The minimum Gasteiger partial charge on any atom is -0.508 e. The lowest BCUT2D eigenvalue weighted by molar-refractivity contribution is -0.148. The summed E-state index contributed by atoms with van der Waals surface area (Å²) in [7, 11) is 1.53. The van der Waals surface area contributed by atoms with Crippen LogP contribution in [-0.2, 0) is 44.8 Å². The molecule has 19 rings (SSSR count). The molecule has 15 nitrogen and oxygen atoms in total. The maximum absolute atomic E-state index is 16.0. The Morgan fingerprint density at radius 2 is 1.76 bits per heavy atom. The maximum Gasteiger partial charge on any atom is 0.302 e. The molecular formula is C84H94N4O11. The normalized spacial score (nSPS) is 30.2. The second-order valence-corrected chi connectivity index (χ2v) is 31.5. The summed E-state index contributed by atoms with van der Waals surface area (Å²) in [5.41, 5.74) is 9.21. The summed E-state index contributed by atoms with van der Waals surface area (Å²) in [5, 5.41) is 66.0. The number of ether oxygens (including phenoxy) is 3. The van der Waals surface area contributed by atoms with E-state index in [1.54, 1.807) is 18.2 Å². The molecule has 12 atom stereocenters. The van der Waals surface area contributed by atoms with Gasteiger partial charge in [0, 0.05) is 116 Å². The van der Waals surface area contributed by atoms with Crippen LogP contribution in [0.15, 0.2) is 127 Å². The molecule has 0 radical (unpaired) electrons. The largest absolute Gasteiger partial charge is 0.508 e. The molecule has 8 heterocycles. The number of H-pyrrole nitrogens is 1. The third-order valence-electron chi connectivity index (χ3n) is 25.9. The highest BCUT2D eigenvalue weighted by Crippen LogP contribution is 2.67. The maximum atomic E-state index is 16.0. The van der Waals surface area contributed by atoms with Crippen LogP contribution in [0.4, 0.5) is 5.69 Å². The first-order chi connectivity index (χ1) is 48.0. The van der Waals surface area contributed by atoms with Gasteiger partial charge in [-0.05, 0) is 219 Å². The van der Waals surface area contributed by atoms with Crippen molar-refractivity contribution in [2.45, 2.75) is 185 Å². The number of aromatic amines is 1. The average Bonchev–Trinajstić information content (AvgIpc) is 1.55. The Morgan fingerprint density at radius 1 is 0.889 bits per heavy atom. The number of carbonyl (C=O) groups excluding carboxylic acids is 3. The topological polar surface area (TPSA) is 216 Å². The van der Waals surface area contributed by atoms with Crippen LogP contribution in [0, 0.1) is 57.7 Å². The molecule has 0 saturated heterocycles. The number of methoxy groups -OCH3 is 1. The Hall–Kier alpha value is -8.45. The molecule has 3 spiro atoms. The van der Waals surface area contributed by atoms with Crippen molar-refractivity contribution < 1.29 is 54.1 Å². The van der Waals surface area contributed by atoms with Crippen LogP contribution in [0.1, 0.15) is 198 Å². The molecule has 4 aromatic carbocycles. The molecule has 3 saturated carbocycles. The summed E-state index contributed by atoms with van der Waals surface area (Å²) in [6.07, 6.45) is 31.0. The highest BCUT2D eigenvalue weighted by atomic mass is 16.5. The Kier molecular flexibility index (Phi) is 17.1. The van der Waals surface area contributed by atoms with E-state index in [0.29, 0.717) is 75.3 Å². The predicted molar refractivity (Wildman–Crippen MR) is 380 cm³/mol. The van der Waals surface area contributed by atoms with Gasteiger partial charge >= 0.3 is 5.97 Å². The number of benzene rings is 4. The smallest absolute Gasteiger partial charge is 0.302 e. The van der Waals surface area contributed by atoms with E-state index in [-0.39, 0.29) is 107 Å². The van der Waals surface area contributed by atoms with Crippen molar-refractivity contribution in [1.29, 1.82) is 0 Å². The molecule has 6 aliphatic heterocycles. The summed E-state index contributed by atoms with van der Waals surface area (Å²) in [4.78, 5) is 50.0. The van der Waals surface area contributed by atoms with Crippen molar-refractivity contribution in [2.24, 2.45) is 45.8 Å². The minimum atomic E-state index is -0.837. The van der Waals surface area contributed by atoms with E-state index < -0.39 is 35.0 Å². The monoisotopic (exact) mass is 1330 g/mol. The van der Waals surface area contributed by atoms with Crippen LogP contribution >= 0.6 is 0 Å². The van der Waals surface area contributed by atoms with Crippen LogP contribution in [0.5, 0.6) is 34.5 Å². The van der Waals surface area contributed by atoms with E-state index in [0.717, 1.165) is 144 Å². The molecule has 13 aliphatic rings. The van der Waals surface area contributed by atoms with Gasteiger partial charge in [0.05, 0.1) is 30.9 Å². The molecule has 15 heteroatoms. The van der Waals surface area contributed by atoms with Crippen molar-refractivity contribution in [2.75, 3.05) is 31.7 Å². The first kappa shape index (κ1) is 65.2. The molecule has 7 N–H and O–H groups in total. The van der Waals surface area contributed by atoms with E-state index in [9.17, 15) is 35.1 Å². The number of aromatic nitrogens is 2. The molecule has 0 unspecified atom stereocenters. The number of nitrogens with one attached hydrogen (secondary N) is 2. The first-order valence-electron chi connectivity index (χ1n) is 36.8. The van der Waals surface area contributed by atoms with E-state index >= 15 is 4.79 Å². The summed E-state index contributed by atoms with van der Waals surface area (Å²) in [6, 6.07) is 17.9. The second kappa shape index (κ2) is 25.9. The number of hydrogen-bond acceptors (Lipinski definition) is 13. The zero-order valence-corrected chi connectivity index (χ0v) is 57.4. The SMILES string of the molecule is COc1cc2cc(O)c1Oc1cc(O)cc3c1CC[C@H](C3)[C@H](CO)C[C@@H]1CC[C@]3(CC[C@]4(Cc5c6c(ccc7c6cn5[C@@H]2CC(=O)C[C@H](OC(C)=O)CC[C@]25Cc6c[nH]cc6[C@@H](C#CCC2=CC=C[C@@H]5C)[C@H](c2cccc(O)c2)C2=CCNC(=C2)N7CCC(=O)C2CCCC2)[C@H]4O)C3)C1. The van der Waals surface area contributed by atoms with Crippen LogP contribution in [0.25, 0.3) is 10.8 Å². The predicted octanol–water partition coefficient (Wildman–Crippen LogP) is 15.2. The first-order valence-corrected chi connectivity index (χ1v) is 36.8. The molecule has 0 amide bonds. The van der Waals surface area contributed by atoms with Gasteiger partial charge in [0.2, 0.25) is 5.75 Å². The van der Waals surface area contributed by atoms with Crippen molar-refractivity contribution in [3.05, 3.63) is 171 Å². The highest BCUT2D eigenvalue weighted by molar-refractivity contribution is 6.01. The lowest BCUT2D eigenvalue weighted by Gasteiger charge is -2.43. The van der Waals surface area contributed by atoms with Gasteiger partial charge < -0.3 is 59.5 Å². The fraction of sp³-hybridized carbons (Fsp3) is 0.488. The van der Waals surface area contributed by atoms with Gasteiger partial charge in [-0.15, -0.1) is 0 Å². The van der Waals surface area contributed by atoms with Crippen molar-refractivity contribution >= 4 is 34.0 Å². The second-order valence-electron chi connectivity index (χ2n) is 31.5. The number of aliphatic hydroxyl groups excluding tert-OH is 2. The number of dihydropyridines is 1. The number of fused-ring (bicyclic) bond motifs is 1. The number of aromatic hydroxyl groups is 3. The number of Topliss-reactive ketones (excluding diaryl/α,β-unsaturated/α-hetero) is 2. The molecule has 6 aromatic rings. The molecule has 7 aliphatic carbocycles. The number of phenolic OH excluding ortho intramolecular Hbond substituents is 3. The standard InChI is InChI=1S/C84H94N4O11/c1-49-9-6-13-60-14-8-16-66-68-45-85-44-59(68)42-84(49,60)26-22-64(98-50(2)90)38-63(93)39-71-57-35-74(95)80(76(36-57)97-3)99-75-40-62(92)34-56-32-53(17-18-65(56)75)58(47-89)31-51-21-25-82(41-51)27-28-83(48-82)43-72-79-67(81(83)96)19-20-70(69(79)46-88(71)72)87(30-24-73(94)52-10-4-5-11-52)77-37-55(23-29-86-77)78(66)54-12-7-15-61(91)33-54/h6-7,9,12-13,15,19-20,23,33-37,40,44-46,49,51-53,58,64,66,71,78,81,85-86,89,91-92,95-96H,4-5,10-11,14,17-18,21-22,24-32,38-39,41-43,47-48H2,1-3H3/t49-,51-,53+,58-,64+,66+,71+,78+,81+,82-,83-,84+/m0/s1. The number of rotatable bonds is 8. The molecule has 516 valence electrons. The van der Waals surface area contributed by atoms with Gasteiger partial charge in [-0.1, -0.05) is 79.7 Å². The van der Waals surface area contributed by atoms with E-state index in [2.05, 4.69) is 106 Å². The summed E-state index contributed by atoms with van der Waals surface area (Å²) in [5.74, 6) is 8.56. The Morgan fingerprint density at radius 3 is 2.59 bits per heavy atom. The van der Waals surface area contributed by atoms with Gasteiger partial charge in [0.1, 0.15) is 40.7 Å². The third kappa shape index (κ3) is 11.8. The van der Waals surface area contributed by atoms with E-state index in [1.807, 2.05) is 24.3 Å². The summed E-state index contributed by atoms with van der Waals surface area (Å²) >= 11 is 0. The number of esters is 1. The van der Waals surface area contributed by atoms with Crippen LogP contribution in [-0.4, -0.2) is 85.5 Å². The number of nitrogens with zero attached hydrogens (tertiary/aromatic N) is 2. The number of carbonyl (C=O) groups is 3. The summed E-state index contributed by atoms with van der Waals surface area (Å²) < 4.78 is 21.7. The lowest BCUT2D eigenvalue weighted by atomic mass is 9.61. The Balaban J connectivity index is 0.926. The van der Waals surface area contributed by atoms with Gasteiger partial charge in [-0.25, -0.2) is 0 Å². The molecule has 3 fully saturated rings. The van der Waals surface area contributed by atoms with Gasteiger partial charge in [0.25, 0.3) is 0 Å². The third-order valence-corrected chi connectivity index (χ3v) is 25.9. The minimum absolute atomic E-state index is 0.0152. The zero-order valence-electron chi connectivity index (χ0n) is 57.4. The molecular weight excluding hydrogens is 1240 g/mol. The van der Waals surface area contributed by atoms with Gasteiger partial charge in [-0.2, -0.15) is 0 Å². The number of phenols is 3. The fourth-order valence-electron chi connectivity index (χ4n) is 21.0. The Bertz CT molecular complexity index is 4420. The number of allylic oxidation sites excluding steroid dienone is 6. The van der Waals surface area contributed by atoms with Crippen LogP contribution < -0.4 is 19.7 Å². The molecule has 16 bridgehead atoms. The van der Waals surface area contributed by atoms with Crippen molar-refractivity contribution in [3.8, 4) is 46.3 Å². The number of hydrogen-bond donors (Lipinski definition) is 7. The molecule has 99 heavy (non-hydrogen) atoms. The Labute approximate surface area is 580 Å². The quantitative estimate of drug-likeness (QED) is 0.0558. The van der Waals surface area contributed by atoms with Gasteiger partial charge in [0.15, 0.2) is 11.5 Å². The van der Waals surface area contributed by atoms with Gasteiger partial charge in [-0.3, -0.25) is 14.4 Å². The fourth-order valence-corrected chi connectivity index (χ4v) is 21.0. The van der Waals surface area contributed by atoms with Crippen molar-refractivity contribution in [3.63, 3.8) is 0 Å². The number of anilines is 1. The zero-order chi connectivity index (χ0) is 68.1. The van der Waals surface area contributed by atoms with Crippen LogP contribution in [0.2, 0.25) is 0 Å². The number of ketones is 2. The van der Waals surface area contributed by atoms with E-state index in [4.69, 9.17) is 14.2 Å². The van der Waals surface area contributed by atoms with Crippen molar-refractivity contribution in [1.82, 2.24) is 14.9 Å².